The van der Waals surface area contributed by atoms with Crippen LogP contribution in [0.15, 0.2) is 24.3 Å². The van der Waals surface area contributed by atoms with E-state index in [1.807, 2.05) is 24.3 Å². The molecular formula is C16H24N2O2. The van der Waals surface area contributed by atoms with Gasteiger partial charge < -0.3 is 15.0 Å². The van der Waals surface area contributed by atoms with Gasteiger partial charge in [-0.25, -0.2) is 4.79 Å². The summed E-state index contributed by atoms with van der Waals surface area (Å²) in [6.07, 6.45) is 1.19. The van der Waals surface area contributed by atoms with Gasteiger partial charge in [0.25, 0.3) is 0 Å². The van der Waals surface area contributed by atoms with Gasteiger partial charge in [-0.2, -0.15) is 0 Å². The second-order valence-corrected chi connectivity index (χ2v) is 5.77. The maximum absolute atomic E-state index is 11.4. The Morgan fingerprint density at radius 2 is 2.10 bits per heavy atom. The lowest BCUT2D eigenvalue weighted by Gasteiger charge is -2.36. The fourth-order valence-electron chi connectivity index (χ4n) is 2.71. The number of nitrogens with zero attached hydrogens (tertiary/aromatic N) is 1. The van der Waals surface area contributed by atoms with Crippen molar-refractivity contribution in [3.8, 4) is 0 Å². The smallest absolute Gasteiger partial charge is 0.337 e. The number of methoxy groups -OCH3 is 1. The summed E-state index contributed by atoms with van der Waals surface area (Å²) in [4.78, 5) is 13.8. The van der Waals surface area contributed by atoms with Crippen LogP contribution in [0.2, 0.25) is 0 Å². The SMILES string of the molecule is COC(=O)c1ccc(N2CCNC(CC(C)C)C2)cc1. The maximum Gasteiger partial charge on any atom is 0.337 e. The minimum atomic E-state index is -0.283. The molecule has 0 amide bonds. The van der Waals surface area contributed by atoms with Crippen molar-refractivity contribution < 1.29 is 9.53 Å². The summed E-state index contributed by atoms with van der Waals surface area (Å²) in [5.41, 5.74) is 1.78. The molecule has 1 fully saturated rings. The van der Waals surface area contributed by atoms with Crippen LogP contribution in [-0.4, -0.2) is 38.8 Å². The summed E-state index contributed by atoms with van der Waals surface area (Å²) in [5, 5.41) is 3.57. The third kappa shape index (κ3) is 3.73. The maximum atomic E-state index is 11.4. The first-order valence-electron chi connectivity index (χ1n) is 7.27. The number of piperazine rings is 1. The standard InChI is InChI=1S/C16H24N2O2/c1-12(2)10-14-11-18(9-8-17-14)15-6-4-13(5-7-15)16(19)20-3/h4-7,12,14,17H,8-11H2,1-3H3. The van der Waals surface area contributed by atoms with Gasteiger partial charge in [0.2, 0.25) is 0 Å². The molecule has 1 aromatic carbocycles. The van der Waals surface area contributed by atoms with Crippen LogP contribution in [0.3, 0.4) is 0 Å². The average Bonchev–Trinajstić information content (AvgIpc) is 2.46. The molecule has 2 rings (SSSR count). The van der Waals surface area contributed by atoms with Gasteiger partial charge >= 0.3 is 5.97 Å². The zero-order valence-corrected chi connectivity index (χ0v) is 12.6. The van der Waals surface area contributed by atoms with Gasteiger partial charge in [0.15, 0.2) is 0 Å². The average molecular weight is 276 g/mol. The lowest BCUT2D eigenvalue weighted by Crippen LogP contribution is -2.51. The minimum absolute atomic E-state index is 0.283. The first-order valence-corrected chi connectivity index (χ1v) is 7.27. The highest BCUT2D eigenvalue weighted by Crippen LogP contribution is 2.19. The van der Waals surface area contributed by atoms with Crippen molar-refractivity contribution in [2.24, 2.45) is 5.92 Å². The van der Waals surface area contributed by atoms with E-state index in [2.05, 4.69) is 24.1 Å². The molecule has 0 aromatic heterocycles. The van der Waals surface area contributed by atoms with Gasteiger partial charge in [0.05, 0.1) is 12.7 Å². The van der Waals surface area contributed by atoms with Crippen molar-refractivity contribution in [3.63, 3.8) is 0 Å². The summed E-state index contributed by atoms with van der Waals surface area (Å²) in [6.45, 7) is 7.55. The van der Waals surface area contributed by atoms with E-state index in [4.69, 9.17) is 4.74 Å². The zero-order chi connectivity index (χ0) is 14.5. The quantitative estimate of drug-likeness (QED) is 0.857. The van der Waals surface area contributed by atoms with Crippen molar-refractivity contribution in [2.75, 3.05) is 31.6 Å². The fraction of sp³-hybridized carbons (Fsp3) is 0.562. The predicted octanol–water partition coefficient (Wildman–Crippen LogP) is 2.30. The molecular weight excluding hydrogens is 252 g/mol. The van der Waals surface area contributed by atoms with Crippen LogP contribution >= 0.6 is 0 Å². The molecule has 110 valence electrons. The summed E-state index contributed by atoms with van der Waals surface area (Å²) < 4.78 is 4.72. The second-order valence-electron chi connectivity index (χ2n) is 5.77. The topological polar surface area (TPSA) is 41.6 Å². The number of rotatable bonds is 4. The normalized spacial score (nSPS) is 19.2. The predicted molar refractivity (Wildman–Crippen MR) is 81.2 cm³/mol. The van der Waals surface area contributed by atoms with Crippen LogP contribution in [0.4, 0.5) is 5.69 Å². The Bertz CT molecular complexity index is 442. The van der Waals surface area contributed by atoms with Crippen molar-refractivity contribution in [1.82, 2.24) is 5.32 Å². The number of hydrogen-bond donors (Lipinski definition) is 1. The van der Waals surface area contributed by atoms with E-state index >= 15 is 0 Å². The fourth-order valence-corrected chi connectivity index (χ4v) is 2.71. The largest absolute Gasteiger partial charge is 0.465 e. The molecule has 1 aliphatic rings. The van der Waals surface area contributed by atoms with Crippen LogP contribution < -0.4 is 10.2 Å². The monoisotopic (exact) mass is 276 g/mol. The number of esters is 1. The van der Waals surface area contributed by atoms with Gasteiger partial charge in [0, 0.05) is 31.4 Å². The van der Waals surface area contributed by atoms with Crippen LogP contribution in [0.5, 0.6) is 0 Å². The molecule has 1 heterocycles. The van der Waals surface area contributed by atoms with E-state index in [1.165, 1.54) is 19.2 Å². The van der Waals surface area contributed by atoms with E-state index in [1.54, 1.807) is 0 Å². The van der Waals surface area contributed by atoms with E-state index in [9.17, 15) is 4.79 Å². The van der Waals surface area contributed by atoms with Crippen molar-refractivity contribution in [1.29, 1.82) is 0 Å². The molecule has 0 saturated carbocycles. The van der Waals surface area contributed by atoms with Gasteiger partial charge in [-0.05, 0) is 36.6 Å². The Morgan fingerprint density at radius 1 is 1.40 bits per heavy atom. The number of ether oxygens (including phenoxy) is 1. The first-order chi connectivity index (χ1) is 9.60. The van der Waals surface area contributed by atoms with E-state index in [0.29, 0.717) is 17.5 Å². The molecule has 1 N–H and O–H groups in total. The Labute approximate surface area is 121 Å². The van der Waals surface area contributed by atoms with Crippen molar-refractivity contribution in [2.45, 2.75) is 26.3 Å². The minimum Gasteiger partial charge on any atom is -0.465 e. The molecule has 1 aliphatic heterocycles. The van der Waals surface area contributed by atoms with Crippen LogP contribution in [0.25, 0.3) is 0 Å². The number of anilines is 1. The number of nitrogens with one attached hydrogen (secondary N) is 1. The van der Waals surface area contributed by atoms with Gasteiger partial charge in [-0.1, -0.05) is 13.8 Å². The summed E-state index contributed by atoms with van der Waals surface area (Å²) in [6, 6.07) is 8.22. The molecule has 0 bridgehead atoms. The van der Waals surface area contributed by atoms with E-state index < -0.39 is 0 Å². The summed E-state index contributed by atoms with van der Waals surface area (Å²) in [5.74, 6) is 0.420. The van der Waals surface area contributed by atoms with E-state index in [0.717, 1.165) is 19.6 Å². The Balaban J connectivity index is 2.01. The highest BCUT2D eigenvalue weighted by atomic mass is 16.5. The molecule has 1 aromatic rings. The molecule has 1 saturated heterocycles. The highest BCUT2D eigenvalue weighted by Gasteiger charge is 2.20. The molecule has 1 unspecified atom stereocenters. The molecule has 4 nitrogen and oxygen atoms in total. The first kappa shape index (κ1) is 14.9. The number of benzene rings is 1. The lowest BCUT2D eigenvalue weighted by atomic mass is 10.0. The number of hydrogen-bond acceptors (Lipinski definition) is 4. The molecule has 0 spiro atoms. The van der Waals surface area contributed by atoms with Crippen molar-refractivity contribution >= 4 is 11.7 Å². The van der Waals surface area contributed by atoms with Crippen molar-refractivity contribution in [3.05, 3.63) is 29.8 Å². The molecule has 0 radical (unpaired) electrons. The number of carbonyl (C=O) groups excluding carboxylic acids is 1. The second kappa shape index (κ2) is 6.75. The van der Waals surface area contributed by atoms with Gasteiger partial charge in [-0.3, -0.25) is 0 Å². The lowest BCUT2D eigenvalue weighted by molar-refractivity contribution is 0.0601. The summed E-state index contributed by atoms with van der Waals surface area (Å²) >= 11 is 0. The zero-order valence-electron chi connectivity index (χ0n) is 12.6. The molecule has 20 heavy (non-hydrogen) atoms. The molecule has 4 heteroatoms. The summed E-state index contributed by atoms with van der Waals surface area (Å²) in [7, 11) is 1.41. The van der Waals surface area contributed by atoms with E-state index in [-0.39, 0.29) is 5.97 Å². The Hall–Kier alpha value is -1.55. The Kier molecular flexibility index (Phi) is 5.01. The van der Waals surface area contributed by atoms with Gasteiger partial charge in [-0.15, -0.1) is 0 Å². The highest BCUT2D eigenvalue weighted by molar-refractivity contribution is 5.89. The van der Waals surface area contributed by atoms with Crippen LogP contribution in [-0.2, 0) is 4.74 Å². The third-order valence-electron chi connectivity index (χ3n) is 3.66. The third-order valence-corrected chi connectivity index (χ3v) is 3.66. The molecule has 0 aliphatic carbocycles. The van der Waals surface area contributed by atoms with Gasteiger partial charge in [0.1, 0.15) is 0 Å². The van der Waals surface area contributed by atoms with Crippen LogP contribution in [0.1, 0.15) is 30.6 Å². The van der Waals surface area contributed by atoms with Crippen LogP contribution in [0, 0.1) is 5.92 Å². The molecule has 1 atom stereocenters. The Morgan fingerprint density at radius 3 is 2.70 bits per heavy atom. The number of carbonyl (C=O) groups is 1.